The van der Waals surface area contributed by atoms with Crippen molar-refractivity contribution in [3.63, 3.8) is 0 Å². The number of hydrogen-bond acceptors (Lipinski definition) is 4. The van der Waals surface area contributed by atoms with Crippen LogP contribution in [0.3, 0.4) is 0 Å². The Hall–Kier alpha value is -3.80. The molecule has 0 aliphatic carbocycles. The summed E-state index contributed by atoms with van der Waals surface area (Å²) in [5.41, 5.74) is 2.10. The molecule has 0 aromatic heterocycles. The van der Waals surface area contributed by atoms with Gasteiger partial charge in [0.1, 0.15) is 18.1 Å². The van der Waals surface area contributed by atoms with Crippen molar-refractivity contribution in [3.8, 4) is 11.5 Å². The number of para-hydroxylation sites is 1. The summed E-state index contributed by atoms with van der Waals surface area (Å²) in [5.74, 6) is 1.29. The summed E-state index contributed by atoms with van der Waals surface area (Å²) < 4.78 is 10.8. The molecule has 0 spiro atoms. The molecule has 6 nitrogen and oxygen atoms in total. The molecule has 1 unspecified atom stereocenters. The first-order valence-electron chi connectivity index (χ1n) is 9.78. The molecule has 6 heteroatoms. The predicted octanol–water partition coefficient (Wildman–Crippen LogP) is 4.93. The third-order valence-electron chi connectivity index (χ3n) is 4.89. The molecular formula is C24H22N2O4. The van der Waals surface area contributed by atoms with E-state index >= 15 is 0 Å². The summed E-state index contributed by atoms with van der Waals surface area (Å²) in [6.07, 6.45) is -0.390. The average molecular weight is 402 g/mol. The van der Waals surface area contributed by atoms with E-state index in [1.165, 1.54) is 4.90 Å². The minimum absolute atomic E-state index is 0.191. The van der Waals surface area contributed by atoms with Crippen molar-refractivity contribution in [2.24, 2.45) is 0 Å². The Morgan fingerprint density at radius 1 is 1.00 bits per heavy atom. The van der Waals surface area contributed by atoms with E-state index in [0.29, 0.717) is 24.4 Å². The van der Waals surface area contributed by atoms with Crippen molar-refractivity contribution in [2.75, 3.05) is 18.1 Å². The molecule has 4 rings (SSSR count). The van der Waals surface area contributed by atoms with Gasteiger partial charge < -0.3 is 14.8 Å². The van der Waals surface area contributed by atoms with Crippen LogP contribution in [0.2, 0.25) is 0 Å². The van der Waals surface area contributed by atoms with E-state index in [4.69, 9.17) is 9.47 Å². The highest BCUT2D eigenvalue weighted by atomic mass is 16.6. The number of hydrogen-bond donors (Lipinski definition) is 1. The maximum absolute atomic E-state index is 12.7. The van der Waals surface area contributed by atoms with Gasteiger partial charge in [-0.1, -0.05) is 36.4 Å². The highest BCUT2D eigenvalue weighted by molar-refractivity contribution is 5.97. The molecule has 1 saturated heterocycles. The third-order valence-corrected chi connectivity index (χ3v) is 4.89. The summed E-state index contributed by atoms with van der Waals surface area (Å²) in [5, 5.41) is 3.00. The van der Waals surface area contributed by atoms with Gasteiger partial charge in [-0.3, -0.25) is 9.69 Å². The van der Waals surface area contributed by atoms with Crippen LogP contribution in [0.4, 0.5) is 10.5 Å². The van der Waals surface area contributed by atoms with Gasteiger partial charge >= 0.3 is 6.09 Å². The summed E-state index contributed by atoms with van der Waals surface area (Å²) in [7, 11) is 0. The minimum Gasteiger partial charge on any atom is -0.457 e. The third kappa shape index (κ3) is 4.43. The SMILES string of the molecule is CC(NC(=O)c1cccc(N2CCOC2=O)c1)c1ccc(Oc2ccccc2)cc1. The van der Waals surface area contributed by atoms with Crippen LogP contribution >= 0.6 is 0 Å². The zero-order valence-corrected chi connectivity index (χ0v) is 16.6. The molecule has 1 fully saturated rings. The summed E-state index contributed by atoms with van der Waals surface area (Å²) in [6, 6.07) is 24.0. The first-order valence-corrected chi connectivity index (χ1v) is 9.78. The fourth-order valence-electron chi connectivity index (χ4n) is 3.26. The quantitative estimate of drug-likeness (QED) is 0.635. The lowest BCUT2D eigenvalue weighted by molar-refractivity contribution is 0.0940. The minimum atomic E-state index is -0.390. The van der Waals surface area contributed by atoms with Gasteiger partial charge in [-0.15, -0.1) is 0 Å². The lowest BCUT2D eigenvalue weighted by Crippen LogP contribution is -2.27. The second kappa shape index (κ2) is 8.69. The lowest BCUT2D eigenvalue weighted by Gasteiger charge is -2.17. The van der Waals surface area contributed by atoms with Crippen molar-refractivity contribution in [3.05, 3.63) is 90.0 Å². The fraction of sp³-hybridized carbons (Fsp3) is 0.167. The Bertz CT molecular complexity index is 1030. The first kappa shape index (κ1) is 19.5. The topological polar surface area (TPSA) is 67.9 Å². The van der Waals surface area contributed by atoms with Crippen LogP contribution in [0.25, 0.3) is 0 Å². The molecule has 3 aromatic carbocycles. The van der Waals surface area contributed by atoms with Crippen LogP contribution in [-0.2, 0) is 4.74 Å². The number of benzene rings is 3. The molecule has 30 heavy (non-hydrogen) atoms. The molecule has 0 radical (unpaired) electrons. The van der Waals surface area contributed by atoms with Gasteiger partial charge in [-0.25, -0.2) is 4.79 Å². The molecule has 0 bridgehead atoms. The lowest BCUT2D eigenvalue weighted by atomic mass is 10.1. The van der Waals surface area contributed by atoms with Gasteiger partial charge in [0.05, 0.1) is 12.6 Å². The van der Waals surface area contributed by atoms with Gasteiger partial charge in [0, 0.05) is 11.3 Å². The van der Waals surface area contributed by atoms with Crippen molar-refractivity contribution in [1.29, 1.82) is 0 Å². The molecule has 152 valence electrons. The predicted molar refractivity (Wildman–Crippen MR) is 114 cm³/mol. The van der Waals surface area contributed by atoms with E-state index in [1.807, 2.05) is 61.5 Å². The number of nitrogens with zero attached hydrogens (tertiary/aromatic N) is 1. The van der Waals surface area contributed by atoms with Gasteiger partial charge in [0.2, 0.25) is 0 Å². The molecule has 1 aliphatic heterocycles. The van der Waals surface area contributed by atoms with Crippen molar-refractivity contribution >= 4 is 17.7 Å². The maximum Gasteiger partial charge on any atom is 0.414 e. The number of ether oxygens (including phenoxy) is 2. The normalized spacial score (nSPS) is 14.2. The van der Waals surface area contributed by atoms with Crippen molar-refractivity contribution in [1.82, 2.24) is 5.32 Å². The number of amides is 2. The van der Waals surface area contributed by atoms with Gasteiger partial charge in [-0.2, -0.15) is 0 Å². The maximum atomic E-state index is 12.7. The number of cyclic esters (lactones) is 1. The summed E-state index contributed by atoms with van der Waals surface area (Å²) in [6.45, 7) is 2.76. The summed E-state index contributed by atoms with van der Waals surface area (Å²) in [4.78, 5) is 26.0. The van der Waals surface area contributed by atoms with Crippen LogP contribution in [0.15, 0.2) is 78.9 Å². The number of carbonyl (C=O) groups excluding carboxylic acids is 2. The van der Waals surface area contributed by atoms with Gasteiger partial charge in [-0.05, 0) is 55.0 Å². The molecule has 1 heterocycles. The average Bonchev–Trinajstić information content (AvgIpc) is 3.21. The smallest absolute Gasteiger partial charge is 0.414 e. The second-order valence-corrected chi connectivity index (χ2v) is 7.00. The van der Waals surface area contributed by atoms with Gasteiger partial charge in [0.25, 0.3) is 5.91 Å². The Kier molecular flexibility index (Phi) is 5.66. The number of anilines is 1. The standard InChI is InChI=1S/C24H22N2O4/c1-17(18-10-12-22(13-11-18)30-21-8-3-2-4-9-21)25-23(27)19-6-5-7-20(16-19)26-14-15-29-24(26)28/h2-13,16-17H,14-15H2,1H3,(H,25,27). The highest BCUT2D eigenvalue weighted by Gasteiger charge is 2.24. The van der Waals surface area contributed by atoms with E-state index in [0.717, 1.165) is 17.1 Å². The number of carbonyl (C=O) groups is 2. The summed E-state index contributed by atoms with van der Waals surface area (Å²) >= 11 is 0. The monoisotopic (exact) mass is 402 g/mol. The Balaban J connectivity index is 1.40. The highest BCUT2D eigenvalue weighted by Crippen LogP contribution is 2.24. The van der Waals surface area contributed by atoms with Crippen molar-refractivity contribution < 1.29 is 19.1 Å². The largest absolute Gasteiger partial charge is 0.457 e. The Morgan fingerprint density at radius 2 is 1.73 bits per heavy atom. The van der Waals surface area contributed by atoms with E-state index in [2.05, 4.69) is 5.32 Å². The molecule has 3 aromatic rings. The van der Waals surface area contributed by atoms with E-state index in [-0.39, 0.29) is 11.9 Å². The molecule has 0 saturated carbocycles. The fourth-order valence-corrected chi connectivity index (χ4v) is 3.26. The zero-order valence-electron chi connectivity index (χ0n) is 16.6. The van der Waals surface area contributed by atoms with Crippen LogP contribution in [0.1, 0.15) is 28.9 Å². The zero-order chi connectivity index (χ0) is 20.9. The van der Waals surface area contributed by atoms with E-state index < -0.39 is 6.09 Å². The van der Waals surface area contributed by atoms with Crippen LogP contribution < -0.4 is 15.0 Å². The Morgan fingerprint density at radius 3 is 2.43 bits per heavy atom. The molecule has 1 atom stereocenters. The van der Waals surface area contributed by atoms with Crippen molar-refractivity contribution in [2.45, 2.75) is 13.0 Å². The Labute approximate surface area is 175 Å². The molecule has 2 amide bonds. The molecular weight excluding hydrogens is 380 g/mol. The van der Waals surface area contributed by atoms with Crippen LogP contribution in [0.5, 0.6) is 11.5 Å². The first-order chi connectivity index (χ1) is 14.6. The van der Waals surface area contributed by atoms with E-state index in [9.17, 15) is 9.59 Å². The van der Waals surface area contributed by atoms with Gasteiger partial charge in [0.15, 0.2) is 0 Å². The van der Waals surface area contributed by atoms with Crippen LogP contribution in [-0.4, -0.2) is 25.2 Å². The second-order valence-electron chi connectivity index (χ2n) is 7.00. The molecule has 1 aliphatic rings. The van der Waals surface area contributed by atoms with Crippen LogP contribution in [0, 0.1) is 0 Å². The number of rotatable bonds is 6. The number of nitrogens with one attached hydrogen (secondary N) is 1. The van der Waals surface area contributed by atoms with E-state index in [1.54, 1.807) is 24.3 Å². The molecule has 1 N–H and O–H groups in total.